The number of hydrogen-bond donors (Lipinski definition) is 0. The molecule has 0 spiro atoms. The Morgan fingerprint density at radius 1 is 1.44 bits per heavy atom. The number of hydrogen-bond acceptors (Lipinski definition) is 3. The fraction of sp³-hybridized carbons (Fsp3) is 0.250. The Morgan fingerprint density at radius 2 is 2.22 bits per heavy atom. The molecule has 1 amide bonds. The smallest absolute Gasteiger partial charge is 0.256 e. The van der Waals surface area contributed by atoms with Crippen molar-refractivity contribution in [1.29, 1.82) is 0 Å². The molecule has 0 unspecified atom stereocenters. The maximum absolute atomic E-state index is 12.2. The molecule has 2 heterocycles. The van der Waals surface area contributed by atoms with Gasteiger partial charge in [0.2, 0.25) is 0 Å². The number of aromatic nitrogens is 3. The number of nitrogens with zero attached hydrogens (tertiary/aromatic N) is 4. The van der Waals surface area contributed by atoms with E-state index in [4.69, 9.17) is 0 Å². The van der Waals surface area contributed by atoms with Gasteiger partial charge in [-0.05, 0) is 28.1 Å². The summed E-state index contributed by atoms with van der Waals surface area (Å²) in [6.45, 7) is 0.462. The predicted octanol–water partition coefficient (Wildman–Crippen LogP) is 1.85. The van der Waals surface area contributed by atoms with Crippen LogP contribution in [0.1, 0.15) is 16.2 Å². The number of carbonyl (C=O) groups excluding carboxylic acids is 1. The zero-order valence-corrected chi connectivity index (χ0v) is 11.8. The molecule has 0 bridgehead atoms. The summed E-state index contributed by atoms with van der Waals surface area (Å²) >= 11 is 3.28. The van der Waals surface area contributed by atoms with E-state index in [-0.39, 0.29) is 5.91 Å². The van der Waals surface area contributed by atoms with E-state index in [1.807, 2.05) is 17.8 Å². The molecule has 0 aliphatic heterocycles. The monoisotopic (exact) mass is 308 g/mol. The SMILES string of the molecule is CN(Cc1nccn1C)C(=O)c1cccnc1Br. The summed E-state index contributed by atoms with van der Waals surface area (Å²) in [7, 11) is 3.65. The van der Waals surface area contributed by atoms with Gasteiger partial charge in [-0.2, -0.15) is 0 Å². The quantitative estimate of drug-likeness (QED) is 0.813. The van der Waals surface area contributed by atoms with Crippen molar-refractivity contribution in [2.24, 2.45) is 7.05 Å². The van der Waals surface area contributed by atoms with Crippen LogP contribution >= 0.6 is 15.9 Å². The first-order valence-corrected chi connectivity index (χ1v) is 6.21. The molecule has 0 saturated heterocycles. The average Bonchev–Trinajstić information content (AvgIpc) is 2.75. The largest absolute Gasteiger partial charge is 0.337 e. The van der Waals surface area contributed by atoms with Gasteiger partial charge in [0.15, 0.2) is 0 Å². The Hall–Kier alpha value is -1.69. The Balaban J connectivity index is 2.15. The van der Waals surface area contributed by atoms with Crippen LogP contribution in [-0.4, -0.2) is 32.4 Å². The summed E-state index contributed by atoms with van der Waals surface area (Å²) in [5, 5.41) is 0. The van der Waals surface area contributed by atoms with Crippen LogP contribution in [0.3, 0.4) is 0 Å². The molecule has 6 heteroatoms. The lowest BCUT2D eigenvalue weighted by atomic mass is 10.2. The molecule has 0 aromatic carbocycles. The first-order valence-electron chi connectivity index (χ1n) is 5.42. The lowest BCUT2D eigenvalue weighted by Crippen LogP contribution is -2.27. The second-order valence-corrected chi connectivity index (χ2v) is 4.71. The Labute approximate surface area is 114 Å². The predicted molar refractivity (Wildman–Crippen MR) is 70.9 cm³/mol. The van der Waals surface area contributed by atoms with Gasteiger partial charge in [0.25, 0.3) is 5.91 Å². The zero-order chi connectivity index (χ0) is 13.1. The Kier molecular flexibility index (Phi) is 3.76. The summed E-state index contributed by atoms with van der Waals surface area (Å²) in [5.74, 6) is 0.754. The molecule has 0 N–H and O–H groups in total. The highest BCUT2D eigenvalue weighted by molar-refractivity contribution is 9.10. The van der Waals surface area contributed by atoms with Gasteiger partial charge in [-0.1, -0.05) is 0 Å². The fourth-order valence-electron chi connectivity index (χ4n) is 1.58. The first-order chi connectivity index (χ1) is 8.59. The minimum atomic E-state index is -0.0852. The molecule has 0 aliphatic rings. The average molecular weight is 309 g/mol. The van der Waals surface area contributed by atoms with Crippen LogP contribution in [0, 0.1) is 0 Å². The lowest BCUT2D eigenvalue weighted by molar-refractivity contribution is 0.0779. The van der Waals surface area contributed by atoms with E-state index in [1.165, 1.54) is 0 Å². The van der Waals surface area contributed by atoms with E-state index in [0.29, 0.717) is 16.7 Å². The third-order valence-electron chi connectivity index (χ3n) is 2.64. The number of rotatable bonds is 3. The molecule has 5 nitrogen and oxygen atoms in total. The lowest BCUT2D eigenvalue weighted by Gasteiger charge is -2.17. The second kappa shape index (κ2) is 5.30. The van der Waals surface area contributed by atoms with Crippen LogP contribution in [0.25, 0.3) is 0 Å². The van der Waals surface area contributed by atoms with Crippen molar-refractivity contribution >= 4 is 21.8 Å². The fourth-order valence-corrected chi connectivity index (χ4v) is 2.00. The van der Waals surface area contributed by atoms with E-state index < -0.39 is 0 Å². The van der Waals surface area contributed by atoms with Crippen molar-refractivity contribution in [3.05, 3.63) is 46.7 Å². The van der Waals surface area contributed by atoms with Gasteiger partial charge in [0.1, 0.15) is 10.4 Å². The molecule has 2 aromatic heterocycles. The molecule has 0 atom stereocenters. The highest BCUT2D eigenvalue weighted by atomic mass is 79.9. The molecule has 0 aliphatic carbocycles. The zero-order valence-electron chi connectivity index (χ0n) is 10.2. The summed E-state index contributed by atoms with van der Waals surface area (Å²) in [5.41, 5.74) is 0.550. The van der Waals surface area contributed by atoms with Gasteiger partial charge in [0.05, 0.1) is 12.1 Å². The summed E-state index contributed by atoms with van der Waals surface area (Å²) in [4.78, 5) is 22.1. The maximum Gasteiger partial charge on any atom is 0.256 e. The van der Waals surface area contributed by atoms with Crippen LogP contribution in [-0.2, 0) is 13.6 Å². The van der Waals surface area contributed by atoms with Gasteiger partial charge in [-0.15, -0.1) is 0 Å². The topological polar surface area (TPSA) is 51.0 Å². The van der Waals surface area contributed by atoms with E-state index in [9.17, 15) is 4.79 Å². The number of carbonyl (C=O) groups is 1. The Morgan fingerprint density at radius 3 is 2.83 bits per heavy atom. The summed E-state index contributed by atoms with van der Waals surface area (Å²) < 4.78 is 2.45. The number of pyridine rings is 1. The van der Waals surface area contributed by atoms with Crippen molar-refractivity contribution in [1.82, 2.24) is 19.4 Å². The van der Waals surface area contributed by atoms with Crippen molar-refractivity contribution < 1.29 is 4.79 Å². The molecular formula is C12H13BrN4O. The number of imidazole rings is 1. The first kappa shape index (κ1) is 12.8. The van der Waals surface area contributed by atoms with E-state index in [1.54, 1.807) is 36.5 Å². The van der Waals surface area contributed by atoms with E-state index in [2.05, 4.69) is 25.9 Å². The Bertz CT molecular complexity index is 567. The molecule has 94 valence electrons. The van der Waals surface area contributed by atoms with Gasteiger partial charge in [0, 0.05) is 32.7 Å². The summed E-state index contributed by atoms with van der Waals surface area (Å²) in [6.07, 6.45) is 5.21. The molecule has 0 fully saturated rings. The van der Waals surface area contributed by atoms with Gasteiger partial charge >= 0.3 is 0 Å². The maximum atomic E-state index is 12.2. The molecule has 0 radical (unpaired) electrons. The van der Waals surface area contributed by atoms with E-state index >= 15 is 0 Å². The van der Waals surface area contributed by atoms with Crippen molar-refractivity contribution in [2.75, 3.05) is 7.05 Å². The molecule has 18 heavy (non-hydrogen) atoms. The van der Waals surface area contributed by atoms with Crippen LogP contribution in [0.5, 0.6) is 0 Å². The molecule has 2 aromatic rings. The van der Waals surface area contributed by atoms with Crippen molar-refractivity contribution in [3.63, 3.8) is 0 Å². The minimum absolute atomic E-state index is 0.0852. The highest BCUT2D eigenvalue weighted by Gasteiger charge is 2.16. The third kappa shape index (κ3) is 2.59. The van der Waals surface area contributed by atoms with E-state index in [0.717, 1.165) is 5.82 Å². The van der Waals surface area contributed by atoms with Crippen molar-refractivity contribution in [3.8, 4) is 0 Å². The molecule has 0 saturated carbocycles. The van der Waals surface area contributed by atoms with Crippen LogP contribution < -0.4 is 0 Å². The summed E-state index contributed by atoms with van der Waals surface area (Å²) in [6, 6.07) is 3.49. The van der Waals surface area contributed by atoms with Gasteiger partial charge in [-0.25, -0.2) is 9.97 Å². The van der Waals surface area contributed by atoms with Gasteiger partial charge in [-0.3, -0.25) is 4.79 Å². The minimum Gasteiger partial charge on any atom is -0.337 e. The highest BCUT2D eigenvalue weighted by Crippen LogP contribution is 2.15. The standard InChI is InChI=1S/C12H13BrN4O/c1-16-7-6-14-10(16)8-17(2)12(18)9-4-3-5-15-11(9)13/h3-7H,8H2,1-2H3. The number of amides is 1. The second-order valence-electron chi connectivity index (χ2n) is 3.96. The van der Waals surface area contributed by atoms with Crippen LogP contribution in [0.15, 0.2) is 35.3 Å². The molecular weight excluding hydrogens is 296 g/mol. The van der Waals surface area contributed by atoms with Crippen LogP contribution in [0.4, 0.5) is 0 Å². The van der Waals surface area contributed by atoms with Gasteiger partial charge < -0.3 is 9.47 Å². The van der Waals surface area contributed by atoms with Crippen molar-refractivity contribution in [2.45, 2.75) is 6.54 Å². The number of halogens is 1. The van der Waals surface area contributed by atoms with Crippen LogP contribution in [0.2, 0.25) is 0 Å². The molecule has 2 rings (SSSR count). The number of aryl methyl sites for hydroxylation is 1. The third-order valence-corrected chi connectivity index (χ3v) is 3.27. The normalized spacial score (nSPS) is 10.4.